The number of benzene rings is 2. The lowest BCUT2D eigenvalue weighted by Crippen LogP contribution is -2.06. The Morgan fingerprint density at radius 2 is 1.62 bits per heavy atom. The molecule has 2 aromatic carbocycles. The fraction of sp³-hybridized carbons (Fsp3) is 0.0625. The van der Waals surface area contributed by atoms with Gasteiger partial charge < -0.3 is 34.7 Å². The summed E-state index contributed by atoms with van der Waals surface area (Å²) in [5.74, 6) is -3.40. The van der Waals surface area contributed by atoms with Gasteiger partial charge in [0.15, 0.2) is 23.0 Å². The van der Waals surface area contributed by atoms with Gasteiger partial charge in [-0.05, 0) is 12.1 Å². The molecule has 0 aliphatic rings. The molecule has 1 heterocycles. The first-order valence-corrected chi connectivity index (χ1v) is 6.65. The van der Waals surface area contributed by atoms with Crippen molar-refractivity contribution in [1.82, 2.24) is 0 Å². The van der Waals surface area contributed by atoms with Crippen molar-refractivity contribution >= 4 is 11.0 Å². The van der Waals surface area contributed by atoms with Crippen LogP contribution in [0.1, 0.15) is 0 Å². The summed E-state index contributed by atoms with van der Waals surface area (Å²) in [4.78, 5) is 12.7. The van der Waals surface area contributed by atoms with Crippen LogP contribution in [-0.4, -0.2) is 32.6 Å². The van der Waals surface area contributed by atoms with Crippen LogP contribution in [0.5, 0.6) is 34.5 Å². The van der Waals surface area contributed by atoms with Gasteiger partial charge in [-0.1, -0.05) is 0 Å². The minimum atomic E-state index is -0.792. The molecule has 124 valence electrons. The molecule has 0 amide bonds. The second-order valence-corrected chi connectivity index (χ2v) is 4.96. The fourth-order valence-corrected chi connectivity index (χ4v) is 2.41. The van der Waals surface area contributed by atoms with E-state index in [1.807, 2.05) is 0 Å². The molecule has 0 saturated carbocycles. The van der Waals surface area contributed by atoms with E-state index in [4.69, 9.17) is 9.15 Å². The number of hydrogen-bond acceptors (Lipinski definition) is 8. The van der Waals surface area contributed by atoms with E-state index in [0.29, 0.717) is 0 Å². The van der Waals surface area contributed by atoms with E-state index >= 15 is 0 Å². The van der Waals surface area contributed by atoms with E-state index < -0.39 is 34.2 Å². The standard InChI is InChI=1S/C16H12O8/c1-23-16-9(18)4-10-11(15(16)22)12(19)7(5-24-10)6-2-3-8(17)14(21)13(6)20/h2-5,17-18,20-22H,1H3. The third-order valence-corrected chi connectivity index (χ3v) is 3.60. The van der Waals surface area contributed by atoms with Crippen LogP contribution in [-0.2, 0) is 0 Å². The molecule has 0 fully saturated rings. The maximum absolute atomic E-state index is 12.7. The number of fused-ring (bicyclic) bond motifs is 1. The molecule has 0 saturated heterocycles. The molecule has 0 unspecified atom stereocenters. The van der Waals surface area contributed by atoms with E-state index in [1.54, 1.807) is 0 Å². The highest BCUT2D eigenvalue weighted by Gasteiger charge is 2.22. The minimum absolute atomic E-state index is 0.0953. The van der Waals surface area contributed by atoms with Gasteiger partial charge in [0.05, 0.1) is 12.7 Å². The Hall–Kier alpha value is -3.55. The average Bonchev–Trinajstić information content (AvgIpc) is 2.54. The zero-order valence-electron chi connectivity index (χ0n) is 12.3. The molecule has 3 aromatic rings. The van der Waals surface area contributed by atoms with E-state index in [9.17, 15) is 30.3 Å². The molecule has 0 aliphatic carbocycles. The van der Waals surface area contributed by atoms with Crippen LogP contribution in [0.2, 0.25) is 0 Å². The van der Waals surface area contributed by atoms with Gasteiger partial charge in [0.2, 0.25) is 16.9 Å². The molecular formula is C16H12O8. The number of hydrogen-bond donors (Lipinski definition) is 5. The predicted molar refractivity (Wildman–Crippen MR) is 82.8 cm³/mol. The van der Waals surface area contributed by atoms with Crippen LogP contribution >= 0.6 is 0 Å². The summed E-state index contributed by atoms with van der Waals surface area (Å²) >= 11 is 0. The summed E-state index contributed by atoms with van der Waals surface area (Å²) in [5.41, 5.74) is -1.10. The first-order valence-electron chi connectivity index (χ1n) is 6.65. The van der Waals surface area contributed by atoms with Gasteiger partial charge in [-0.2, -0.15) is 0 Å². The highest BCUT2D eigenvalue weighted by Crippen LogP contribution is 2.44. The van der Waals surface area contributed by atoms with Gasteiger partial charge in [0, 0.05) is 11.6 Å². The Morgan fingerprint density at radius 3 is 2.29 bits per heavy atom. The average molecular weight is 332 g/mol. The fourth-order valence-electron chi connectivity index (χ4n) is 2.41. The first kappa shape index (κ1) is 15.3. The summed E-state index contributed by atoms with van der Waals surface area (Å²) in [7, 11) is 1.20. The smallest absolute Gasteiger partial charge is 0.204 e. The zero-order chi connectivity index (χ0) is 17.6. The molecule has 1 aromatic heterocycles. The van der Waals surface area contributed by atoms with Crippen LogP contribution in [0.25, 0.3) is 22.1 Å². The molecular weight excluding hydrogens is 320 g/mol. The number of phenolic OH excluding ortho intramolecular Hbond substituents is 5. The summed E-state index contributed by atoms with van der Waals surface area (Å²) < 4.78 is 10.1. The quantitative estimate of drug-likeness (QED) is 0.449. The normalized spacial score (nSPS) is 10.9. The Labute approximate surface area is 134 Å². The van der Waals surface area contributed by atoms with Gasteiger partial charge in [-0.3, -0.25) is 4.79 Å². The molecule has 0 aliphatic heterocycles. The lowest BCUT2D eigenvalue weighted by molar-refractivity contribution is 0.346. The van der Waals surface area contributed by atoms with E-state index in [1.165, 1.54) is 13.2 Å². The highest BCUT2D eigenvalue weighted by atomic mass is 16.5. The lowest BCUT2D eigenvalue weighted by Gasteiger charge is -2.10. The molecule has 3 rings (SSSR count). The van der Waals surface area contributed by atoms with E-state index in [0.717, 1.165) is 18.4 Å². The number of rotatable bonds is 2. The zero-order valence-corrected chi connectivity index (χ0v) is 12.3. The van der Waals surface area contributed by atoms with Crippen LogP contribution in [0.3, 0.4) is 0 Å². The van der Waals surface area contributed by atoms with Crippen LogP contribution < -0.4 is 10.2 Å². The number of phenols is 5. The monoisotopic (exact) mass is 332 g/mol. The van der Waals surface area contributed by atoms with E-state index in [-0.39, 0.29) is 27.8 Å². The third-order valence-electron chi connectivity index (χ3n) is 3.60. The van der Waals surface area contributed by atoms with Crippen molar-refractivity contribution in [2.24, 2.45) is 0 Å². The van der Waals surface area contributed by atoms with Gasteiger partial charge in [0.25, 0.3) is 0 Å². The van der Waals surface area contributed by atoms with Gasteiger partial charge in [0.1, 0.15) is 17.2 Å². The second-order valence-electron chi connectivity index (χ2n) is 4.96. The number of ether oxygens (including phenoxy) is 1. The Kier molecular flexibility index (Phi) is 3.37. The second kappa shape index (κ2) is 5.27. The van der Waals surface area contributed by atoms with Crippen molar-refractivity contribution in [2.75, 3.05) is 7.11 Å². The molecule has 0 radical (unpaired) electrons. The minimum Gasteiger partial charge on any atom is -0.504 e. The molecule has 8 heteroatoms. The summed E-state index contributed by atoms with van der Waals surface area (Å²) in [6, 6.07) is 3.40. The van der Waals surface area contributed by atoms with E-state index in [2.05, 4.69) is 0 Å². The van der Waals surface area contributed by atoms with Crippen molar-refractivity contribution < 1.29 is 34.7 Å². The van der Waals surface area contributed by atoms with Crippen molar-refractivity contribution in [3.8, 4) is 45.6 Å². The van der Waals surface area contributed by atoms with Crippen molar-refractivity contribution in [2.45, 2.75) is 0 Å². The SMILES string of the molecule is COc1c(O)cc2occ(-c3ccc(O)c(O)c3O)c(=O)c2c1O. The summed E-state index contributed by atoms with van der Waals surface area (Å²) in [6.07, 6.45) is 1.00. The lowest BCUT2D eigenvalue weighted by atomic mass is 10.0. The van der Waals surface area contributed by atoms with Gasteiger partial charge in [-0.25, -0.2) is 0 Å². The largest absolute Gasteiger partial charge is 0.504 e. The summed E-state index contributed by atoms with van der Waals surface area (Å²) in [5, 5.41) is 48.5. The molecule has 0 bridgehead atoms. The predicted octanol–water partition coefficient (Wildman–Crippen LogP) is 2.00. The third kappa shape index (κ3) is 2.04. The topological polar surface area (TPSA) is 141 Å². The maximum atomic E-state index is 12.7. The molecule has 0 atom stereocenters. The molecule has 0 spiro atoms. The van der Waals surface area contributed by atoms with Crippen molar-refractivity contribution in [1.29, 1.82) is 0 Å². The van der Waals surface area contributed by atoms with Gasteiger partial charge >= 0.3 is 0 Å². The maximum Gasteiger partial charge on any atom is 0.204 e. The Morgan fingerprint density at radius 1 is 0.917 bits per heavy atom. The Balaban J connectivity index is 2.39. The highest BCUT2D eigenvalue weighted by molar-refractivity contribution is 5.91. The van der Waals surface area contributed by atoms with Crippen LogP contribution in [0.15, 0.2) is 33.7 Å². The Bertz CT molecular complexity index is 1020. The number of methoxy groups -OCH3 is 1. The molecule has 24 heavy (non-hydrogen) atoms. The van der Waals surface area contributed by atoms with Crippen molar-refractivity contribution in [3.05, 3.63) is 34.7 Å². The van der Waals surface area contributed by atoms with Gasteiger partial charge in [-0.15, -0.1) is 0 Å². The van der Waals surface area contributed by atoms with Crippen LogP contribution in [0.4, 0.5) is 0 Å². The van der Waals surface area contributed by atoms with Crippen molar-refractivity contribution in [3.63, 3.8) is 0 Å². The first-order chi connectivity index (χ1) is 11.4. The van der Waals surface area contributed by atoms with Crippen LogP contribution in [0, 0.1) is 0 Å². The molecule has 8 nitrogen and oxygen atoms in total. The summed E-state index contributed by atoms with van der Waals surface area (Å²) in [6.45, 7) is 0. The molecule has 5 N–H and O–H groups in total. The number of aromatic hydroxyl groups is 5.